The Morgan fingerprint density at radius 1 is 0.769 bits per heavy atom. The van der Waals surface area contributed by atoms with E-state index >= 15 is 0 Å². The Hall–Kier alpha value is -3.76. The van der Waals surface area contributed by atoms with Crippen LogP contribution in [-0.4, -0.2) is 97.8 Å². The second-order valence-corrected chi connectivity index (χ2v) is 19.3. The van der Waals surface area contributed by atoms with Crippen molar-refractivity contribution in [2.24, 2.45) is 0 Å². The van der Waals surface area contributed by atoms with Gasteiger partial charge in [0.15, 0.2) is 10.6 Å². The molecule has 2 aromatic rings. The van der Waals surface area contributed by atoms with E-state index in [1.807, 2.05) is 18.7 Å². The number of allylic oxidation sites excluding steroid dienone is 6. The van der Waals surface area contributed by atoms with Crippen molar-refractivity contribution in [3.63, 3.8) is 0 Å². The largest absolute Gasteiger partial charge is 0.478 e. The zero-order valence-corrected chi connectivity index (χ0v) is 31.7. The highest BCUT2D eigenvalue weighted by atomic mass is 32.2. The standard InChI is InChI=1S/C32H38N2O14S4/c1-31(2)23-18-21(30(35)36)12-13-25(23)33(14-8-16-49(37,38)39)27(31)10-6-5-7-11-28-32(3,4)24-19-22(51(43,44)45)20-26(52(46,47)48)29(24)34(28)15-9-17-50(40,41)42/h5-7,10-13,18-20H,8-9,14-17H2,1-4H3,(H4-,35,36,37,38,39,40,41,42,43,44,45,46,47,48)/p+1. The second kappa shape index (κ2) is 14.2. The SMILES string of the molecule is CC1(C)C(/C=C/C=C/C=C2/N(CCCS(=O)(=O)O)c3ccc(C(=O)O)cc3C2(C)C)=[N+](CCCS(=O)(=O)O)c2c1cc(S(=O)(=O)O)cc2S(=O)(=O)O. The van der Waals surface area contributed by atoms with Gasteiger partial charge in [0, 0.05) is 41.4 Å². The molecule has 2 aromatic carbocycles. The number of hydrogen-bond acceptors (Lipinski definition) is 10. The Balaban J connectivity index is 1.80. The van der Waals surface area contributed by atoms with Crippen LogP contribution in [0.2, 0.25) is 0 Å². The van der Waals surface area contributed by atoms with Gasteiger partial charge in [-0.05, 0) is 62.2 Å². The van der Waals surface area contributed by atoms with Crippen LogP contribution in [0.5, 0.6) is 0 Å². The maximum atomic E-state index is 12.5. The molecule has 0 amide bonds. The van der Waals surface area contributed by atoms with E-state index in [4.69, 9.17) is 0 Å². The molecule has 0 atom stereocenters. The molecule has 0 aromatic heterocycles. The fraction of sp³-hybridized carbons (Fsp3) is 0.375. The summed E-state index contributed by atoms with van der Waals surface area (Å²) in [6.07, 6.45) is 7.95. The lowest BCUT2D eigenvalue weighted by molar-refractivity contribution is -0.440. The number of carbonyl (C=O) groups is 1. The Morgan fingerprint density at radius 2 is 1.38 bits per heavy atom. The molecule has 4 rings (SSSR count). The Labute approximate surface area is 302 Å². The minimum absolute atomic E-state index is 0.0578. The van der Waals surface area contributed by atoms with Crippen molar-refractivity contribution in [2.75, 3.05) is 29.5 Å². The maximum Gasteiger partial charge on any atom is 0.335 e. The van der Waals surface area contributed by atoms with E-state index in [2.05, 4.69) is 0 Å². The van der Waals surface area contributed by atoms with Crippen LogP contribution in [0, 0.1) is 0 Å². The number of carboxylic acids is 1. The average molecular weight is 804 g/mol. The lowest BCUT2D eigenvalue weighted by atomic mass is 9.81. The number of carboxylic acid groups (broad SMARTS) is 1. The van der Waals surface area contributed by atoms with E-state index in [1.54, 1.807) is 56.4 Å². The van der Waals surface area contributed by atoms with Crippen molar-refractivity contribution in [1.29, 1.82) is 0 Å². The lowest BCUT2D eigenvalue weighted by Crippen LogP contribution is -2.28. The van der Waals surface area contributed by atoms with Crippen LogP contribution >= 0.6 is 0 Å². The van der Waals surface area contributed by atoms with Gasteiger partial charge in [-0.3, -0.25) is 18.2 Å². The molecule has 5 N–H and O–H groups in total. The van der Waals surface area contributed by atoms with Gasteiger partial charge in [-0.2, -0.15) is 38.2 Å². The maximum absolute atomic E-state index is 12.5. The molecule has 0 bridgehead atoms. The summed E-state index contributed by atoms with van der Waals surface area (Å²) in [7, 11) is -18.7. The molecule has 2 aliphatic rings. The molecular formula is C32H39N2O14S4+. The molecule has 0 aliphatic carbocycles. The molecule has 0 spiro atoms. The Kier molecular flexibility index (Phi) is 11.2. The molecule has 0 radical (unpaired) electrons. The highest BCUT2D eigenvalue weighted by molar-refractivity contribution is 7.87. The molecule has 2 aliphatic heterocycles. The number of fused-ring (bicyclic) bond motifs is 2. The third kappa shape index (κ3) is 8.88. The first kappa shape index (κ1) is 41.0. The van der Waals surface area contributed by atoms with Crippen LogP contribution in [0.25, 0.3) is 0 Å². The van der Waals surface area contributed by atoms with Crippen molar-refractivity contribution in [2.45, 2.75) is 61.2 Å². The molecule has 0 unspecified atom stereocenters. The number of hydrogen-bond donors (Lipinski definition) is 5. The van der Waals surface area contributed by atoms with Gasteiger partial charge < -0.3 is 10.0 Å². The molecule has 0 saturated carbocycles. The van der Waals surface area contributed by atoms with Crippen molar-refractivity contribution < 1.29 is 66.4 Å². The summed E-state index contributed by atoms with van der Waals surface area (Å²) in [5.41, 5.74) is 0.406. The van der Waals surface area contributed by atoms with Crippen LogP contribution < -0.4 is 4.90 Å². The smallest absolute Gasteiger partial charge is 0.335 e. The third-order valence-corrected chi connectivity index (χ3v) is 12.2. The number of aromatic carboxylic acids is 1. The fourth-order valence-corrected chi connectivity index (χ4v) is 8.86. The zero-order chi connectivity index (χ0) is 39.2. The first-order valence-corrected chi connectivity index (χ1v) is 21.7. The summed E-state index contributed by atoms with van der Waals surface area (Å²) in [6.45, 7) is 6.94. The lowest BCUT2D eigenvalue weighted by Gasteiger charge is -2.27. The summed E-state index contributed by atoms with van der Waals surface area (Å²) in [6, 6.07) is 6.25. The van der Waals surface area contributed by atoms with E-state index in [0.717, 1.165) is 6.07 Å². The van der Waals surface area contributed by atoms with Gasteiger partial charge in [0.1, 0.15) is 6.54 Å². The Bertz CT molecular complexity index is 2390. The zero-order valence-electron chi connectivity index (χ0n) is 28.5. The molecular weight excluding hydrogens is 765 g/mol. The fourth-order valence-electron chi connectivity index (χ4n) is 6.53. The molecule has 16 nitrogen and oxygen atoms in total. The number of rotatable bonds is 14. The van der Waals surface area contributed by atoms with Crippen LogP contribution in [0.3, 0.4) is 0 Å². The van der Waals surface area contributed by atoms with Gasteiger partial charge in [-0.15, -0.1) is 0 Å². The summed E-state index contributed by atoms with van der Waals surface area (Å²) in [5, 5.41) is 9.58. The normalized spacial score (nSPS) is 18.2. The number of benzene rings is 2. The van der Waals surface area contributed by atoms with Crippen molar-refractivity contribution in [3.8, 4) is 0 Å². The second-order valence-electron chi connectivity index (χ2n) is 13.3. The topological polar surface area (TPSA) is 261 Å². The predicted octanol–water partition coefficient (Wildman–Crippen LogP) is 3.60. The molecule has 20 heteroatoms. The summed E-state index contributed by atoms with van der Waals surface area (Å²) in [4.78, 5) is 11.9. The van der Waals surface area contributed by atoms with E-state index in [9.17, 15) is 61.8 Å². The summed E-state index contributed by atoms with van der Waals surface area (Å²) in [5.74, 6) is -2.32. The monoisotopic (exact) mass is 803 g/mol. The van der Waals surface area contributed by atoms with Crippen molar-refractivity contribution in [1.82, 2.24) is 0 Å². The summed E-state index contributed by atoms with van der Waals surface area (Å²) >= 11 is 0. The predicted molar refractivity (Wildman–Crippen MR) is 191 cm³/mol. The highest BCUT2D eigenvalue weighted by Crippen LogP contribution is 2.48. The van der Waals surface area contributed by atoms with E-state index in [1.165, 1.54) is 10.6 Å². The minimum atomic E-state index is -5.10. The number of anilines is 1. The van der Waals surface area contributed by atoms with Gasteiger partial charge in [0.25, 0.3) is 30.4 Å². The van der Waals surface area contributed by atoms with Crippen molar-refractivity contribution >= 4 is 63.5 Å². The quantitative estimate of drug-likeness (QED) is 0.104. The first-order chi connectivity index (χ1) is 23.7. The first-order valence-electron chi connectivity index (χ1n) is 15.6. The van der Waals surface area contributed by atoms with Crippen LogP contribution in [0.1, 0.15) is 62.0 Å². The van der Waals surface area contributed by atoms with Gasteiger partial charge >= 0.3 is 16.1 Å². The molecule has 52 heavy (non-hydrogen) atoms. The number of nitrogens with zero attached hydrogens (tertiary/aromatic N) is 2. The highest BCUT2D eigenvalue weighted by Gasteiger charge is 2.48. The van der Waals surface area contributed by atoms with Crippen molar-refractivity contribution in [3.05, 3.63) is 83.1 Å². The van der Waals surface area contributed by atoms with Gasteiger partial charge in [-0.1, -0.05) is 32.1 Å². The van der Waals surface area contributed by atoms with E-state index < -0.39 is 78.6 Å². The molecule has 0 saturated heterocycles. The summed E-state index contributed by atoms with van der Waals surface area (Å²) < 4.78 is 135. The van der Waals surface area contributed by atoms with Crippen LogP contribution in [0.4, 0.5) is 11.4 Å². The molecule has 2 heterocycles. The van der Waals surface area contributed by atoms with Gasteiger partial charge in [-0.25, -0.2) is 4.79 Å². The third-order valence-electron chi connectivity index (χ3n) is 8.94. The van der Waals surface area contributed by atoms with E-state index in [0.29, 0.717) is 28.7 Å². The molecule has 284 valence electrons. The molecule has 0 fully saturated rings. The van der Waals surface area contributed by atoms with Crippen LogP contribution in [0.15, 0.2) is 76.2 Å². The van der Waals surface area contributed by atoms with Crippen LogP contribution in [-0.2, 0) is 51.3 Å². The van der Waals surface area contributed by atoms with Gasteiger partial charge in [0.2, 0.25) is 5.69 Å². The Morgan fingerprint density at radius 3 is 1.94 bits per heavy atom. The minimum Gasteiger partial charge on any atom is -0.478 e. The van der Waals surface area contributed by atoms with Gasteiger partial charge in [0.05, 0.1) is 27.4 Å². The average Bonchev–Trinajstić information content (AvgIpc) is 3.32. The van der Waals surface area contributed by atoms with E-state index in [-0.39, 0.29) is 42.7 Å².